The highest BCUT2D eigenvalue weighted by molar-refractivity contribution is 6.73. The molecule has 37 heavy (non-hydrogen) atoms. The summed E-state index contributed by atoms with van der Waals surface area (Å²) < 4.78 is 33.1. The SMILES string of the molecule is CC[Si](CC)(CC)O[C@H]1C[C@@]23OC(=O)O[C@H]2[C@@H]2[C@H](O)CCC[C@@]2(C)[C@H]2OC(C)(C)O[C@@H]2C(=C1C)C3(C)C. The zero-order valence-electron chi connectivity index (χ0n) is 24.3. The number of carbonyl (C=O) groups is 1. The van der Waals surface area contributed by atoms with Gasteiger partial charge in [0.2, 0.25) is 0 Å². The van der Waals surface area contributed by atoms with E-state index in [1.165, 1.54) is 5.57 Å². The van der Waals surface area contributed by atoms with E-state index in [9.17, 15) is 9.90 Å². The van der Waals surface area contributed by atoms with Crippen molar-refractivity contribution in [3.63, 3.8) is 0 Å². The van der Waals surface area contributed by atoms with Crippen molar-refractivity contribution in [3.05, 3.63) is 11.1 Å². The minimum Gasteiger partial charge on any atom is -0.426 e. The summed E-state index contributed by atoms with van der Waals surface area (Å²) in [5.41, 5.74) is 0.274. The van der Waals surface area contributed by atoms with Gasteiger partial charge >= 0.3 is 6.16 Å². The summed E-state index contributed by atoms with van der Waals surface area (Å²) in [5.74, 6) is -1.11. The van der Waals surface area contributed by atoms with Crippen LogP contribution in [0.4, 0.5) is 4.79 Å². The lowest BCUT2D eigenvalue weighted by atomic mass is 9.48. The molecule has 2 heterocycles. The van der Waals surface area contributed by atoms with Crippen LogP contribution in [0.1, 0.15) is 88.0 Å². The number of ether oxygens (including phenoxy) is 4. The van der Waals surface area contributed by atoms with Gasteiger partial charge in [-0.05, 0) is 62.9 Å². The summed E-state index contributed by atoms with van der Waals surface area (Å²) in [6.45, 7) is 19.4. The Morgan fingerprint density at radius 1 is 1.03 bits per heavy atom. The van der Waals surface area contributed by atoms with Gasteiger partial charge in [0.05, 0.1) is 18.3 Å². The van der Waals surface area contributed by atoms with E-state index in [1.807, 2.05) is 13.8 Å². The number of carbonyl (C=O) groups excluding carboxylic acids is 1. The lowest BCUT2D eigenvalue weighted by molar-refractivity contribution is -0.201. The highest BCUT2D eigenvalue weighted by atomic mass is 28.4. The number of fused-ring (bicyclic) bond motifs is 6. The summed E-state index contributed by atoms with van der Waals surface area (Å²) in [5, 5.41) is 11.6. The Labute approximate surface area is 223 Å². The maximum absolute atomic E-state index is 13.1. The van der Waals surface area contributed by atoms with Gasteiger partial charge in [0.15, 0.2) is 25.8 Å². The maximum Gasteiger partial charge on any atom is 0.509 e. The van der Waals surface area contributed by atoms with Crippen LogP contribution in [0.2, 0.25) is 18.1 Å². The van der Waals surface area contributed by atoms with Gasteiger partial charge in [0.25, 0.3) is 0 Å². The van der Waals surface area contributed by atoms with Crippen molar-refractivity contribution in [3.8, 4) is 0 Å². The maximum atomic E-state index is 13.1. The van der Waals surface area contributed by atoms with Crippen LogP contribution in [-0.4, -0.2) is 61.5 Å². The summed E-state index contributed by atoms with van der Waals surface area (Å²) in [7, 11) is -2.00. The molecule has 3 aliphatic carbocycles. The molecule has 4 fully saturated rings. The van der Waals surface area contributed by atoms with Gasteiger partial charge < -0.3 is 28.5 Å². The fourth-order valence-electron chi connectivity index (χ4n) is 8.83. The van der Waals surface area contributed by atoms with E-state index >= 15 is 0 Å². The van der Waals surface area contributed by atoms with Crippen LogP contribution >= 0.6 is 0 Å². The van der Waals surface area contributed by atoms with Crippen molar-refractivity contribution >= 4 is 14.5 Å². The Kier molecular flexibility index (Phi) is 6.56. The fraction of sp³-hybridized carbons (Fsp3) is 0.897. The molecular formula is C29H48O7Si. The first-order valence-electron chi connectivity index (χ1n) is 14.5. The van der Waals surface area contributed by atoms with E-state index in [0.717, 1.165) is 36.5 Å². The largest absolute Gasteiger partial charge is 0.509 e. The van der Waals surface area contributed by atoms with E-state index < -0.39 is 48.9 Å². The van der Waals surface area contributed by atoms with Crippen molar-refractivity contribution in [1.82, 2.24) is 0 Å². The number of aliphatic hydroxyl groups is 1. The van der Waals surface area contributed by atoms with Crippen LogP contribution in [-0.2, 0) is 23.4 Å². The number of rotatable bonds is 5. The average Bonchev–Trinajstić information content (AvgIpc) is 3.32. The molecule has 5 rings (SSSR count). The predicted octanol–water partition coefficient (Wildman–Crippen LogP) is 6.10. The summed E-state index contributed by atoms with van der Waals surface area (Å²) in [4.78, 5) is 13.1. The second-order valence-electron chi connectivity index (χ2n) is 13.5. The van der Waals surface area contributed by atoms with Gasteiger partial charge in [-0.1, -0.05) is 48.0 Å². The summed E-state index contributed by atoms with van der Waals surface area (Å²) in [6, 6.07) is 3.11. The molecule has 2 bridgehead atoms. The van der Waals surface area contributed by atoms with Gasteiger partial charge in [0, 0.05) is 23.2 Å². The minimum atomic E-state index is -2.00. The normalized spacial score (nSPS) is 44.2. The number of hydrogen-bond acceptors (Lipinski definition) is 7. The van der Waals surface area contributed by atoms with Crippen LogP contribution < -0.4 is 0 Å². The van der Waals surface area contributed by atoms with E-state index in [1.54, 1.807) is 0 Å². The first-order valence-corrected chi connectivity index (χ1v) is 17.1. The zero-order valence-corrected chi connectivity index (χ0v) is 25.3. The monoisotopic (exact) mass is 536 g/mol. The minimum absolute atomic E-state index is 0.204. The highest BCUT2D eigenvalue weighted by Gasteiger charge is 2.74. The Bertz CT molecular complexity index is 963. The second kappa shape index (κ2) is 8.78. The molecule has 5 aliphatic rings. The molecular weight excluding hydrogens is 488 g/mol. The van der Waals surface area contributed by atoms with Gasteiger partial charge in [-0.3, -0.25) is 0 Å². The molecule has 0 radical (unpaired) electrons. The standard InChI is InChI=1S/C29H48O7Si/c1-10-37(11-2,12-3)36-19-16-29-23(32-25(31)35-29)21-18(30)14-13-15-28(21,9)24-22(33-27(7,8)34-24)20(17(19)4)26(29,5)6/h18-19,21-24,30H,10-16H2,1-9H3/t18-,19+,21+,22-,23+,24+,28-,29-/m1/s1. The van der Waals surface area contributed by atoms with Gasteiger partial charge in [0.1, 0.15) is 6.10 Å². The molecule has 1 spiro atoms. The van der Waals surface area contributed by atoms with E-state index in [2.05, 4.69) is 48.5 Å². The van der Waals surface area contributed by atoms with Crippen molar-refractivity contribution in [2.45, 2.75) is 148 Å². The van der Waals surface area contributed by atoms with E-state index in [-0.39, 0.29) is 24.2 Å². The third kappa shape index (κ3) is 3.75. The second-order valence-corrected chi connectivity index (χ2v) is 18.2. The lowest BCUT2D eigenvalue weighted by Gasteiger charge is -2.61. The summed E-state index contributed by atoms with van der Waals surface area (Å²) >= 11 is 0. The molecule has 8 heteroatoms. The average molecular weight is 537 g/mol. The molecule has 210 valence electrons. The fourth-order valence-corrected chi connectivity index (χ4v) is 11.7. The van der Waals surface area contributed by atoms with Crippen molar-refractivity contribution in [2.24, 2.45) is 16.7 Å². The third-order valence-corrected chi connectivity index (χ3v) is 15.8. The molecule has 8 atom stereocenters. The molecule has 0 aromatic heterocycles. The van der Waals surface area contributed by atoms with Gasteiger partial charge in [-0.25, -0.2) is 4.79 Å². The number of hydrogen-bond donors (Lipinski definition) is 1. The van der Waals surface area contributed by atoms with Crippen LogP contribution in [0.5, 0.6) is 0 Å². The molecule has 2 aliphatic heterocycles. The van der Waals surface area contributed by atoms with Crippen LogP contribution in [0.15, 0.2) is 11.1 Å². The third-order valence-electron chi connectivity index (χ3n) is 11.1. The Morgan fingerprint density at radius 2 is 1.68 bits per heavy atom. The molecule has 0 aromatic carbocycles. The molecule has 0 amide bonds. The Balaban J connectivity index is 1.77. The Morgan fingerprint density at radius 3 is 2.30 bits per heavy atom. The smallest absolute Gasteiger partial charge is 0.426 e. The lowest BCUT2D eigenvalue weighted by Crippen LogP contribution is -2.69. The quantitative estimate of drug-likeness (QED) is 0.258. The Hall–Kier alpha value is -0.933. The van der Waals surface area contributed by atoms with Crippen LogP contribution in [0.3, 0.4) is 0 Å². The molecule has 2 saturated carbocycles. The molecule has 7 nitrogen and oxygen atoms in total. The van der Waals surface area contributed by atoms with Crippen LogP contribution in [0.25, 0.3) is 0 Å². The first-order chi connectivity index (χ1) is 17.2. The topological polar surface area (TPSA) is 83.5 Å². The van der Waals surface area contributed by atoms with Crippen molar-refractivity contribution in [2.75, 3.05) is 0 Å². The van der Waals surface area contributed by atoms with Crippen molar-refractivity contribution < 1.29 is 33.3 Å². The van der Waals surface area contributed by atoms with Crippen LogP contribution in [0, 0.1) is 16.7 Å². The number of aliphatic hydroxyl groups excluding tert-OH is 1. The molecule has 0 aromatic rings. The molecule has 1 N–H and O–H groups in total. The van der Waals surface area contributed by atoms with E-state index in [0.29, 0.717) is 12.8 Å². The molecule has 0 unspecified atom stereocenters. The van der Waals surface area contributed by atoms with Crippen molar-refractivity contribution in [1.29, 1.82) is 0 Å². The first kappa shape index (κ1) is 27.6. The van der Waals surface area contributed by atoms with E-state index in [4.69, 9.17) is 23.4 Å². The van der Waals surface area contributed by atoms with Gasteiger partial charge in [-0.2, -0.15) is 0 Å². The highest BCUT2D eigenvalue weighted by Crippen LogP contribution is 2.66. The zero-order chi connectivity index (χ0) is 27.2. The summed E-state index contributed by atoms with van der Waals surface area (Å²) in [6.07, 6.45) is 0.276. The predicted molar refractivity (Wildman–Crippen MR) is 143 cm³/mol. The van der Waals surface area contributed by atoms with Gasteiger partial charge in [-0.15, -0.1) is 0 Å². The molecule has 2 saturated heterocycles.